The van der Waals surface area contributed by atoms with E-state index in [-0.39, 0.29) is 11.2 Å². The van der Waals surface area contributed by atoms with Gasteiger partial charge in [-0.25, -0.2) is 0 Å². The van der Waals surface area contributed by atoms with E-state index in [1.165, 1.54) is 23.1 Å². The molecule has 0 saturated carbocycles. The number of benzene rings is 2. The lowest BCUT2D eigenvalue weighted by Gasteiger charge is -2.19. The van der Waals surface area contributed by atoms with E-state index in [1.54, 1.807) is 25.3 Å². The van der Waals surface area contributed by atoms with E-state index in [1.807, 2.05) is 31.2 Å². The van der Waals surface area contributed by atoms with Gasteiger partial charge in [0.15, 0.2) is 15.8 Å². The Kier molecular flexibility index (Phi) is 6.24. The normalized spacial score (nSPS) is 13.4. The standard InChI is InChI=1S/C20H20N4O4S2/c1-12(18(25)21-14-5-8-16-17(11-14)28-10-9-27-16)29-20-24-23-19(30-20)22-13-3-6-15(26-2)7-4-13/h3-8,11-12H,9-10H2,1-2H3,(H,21,25)(H,22,23)/t12-/m1/s1. The monoisotopic (exact) mass is 444 g/mol. The number of nitrogens with one attached hydrogen (secondary N) is 2. The lowest BCUT2D eigenvalue weighted by atomic mass is 10.2. The third kappa shape index (κ3) is 4.95. The van der Waals surface area contributed by atoms with Gasteiger partial charge in [0, 0.05) is 17.4 Å². The Morgan fingerprint density at radius 3 is 2.60 bits per heavy atom. The first-order valence-electron chi connectivity index (χ1n) is 9.22. The van der Waals surface area contributed by atoms with Crippen LogP contribution in [0.25, 0.3) is 0 Å². The molecule has 1 aromatic heterocycles. The molecular weight excluding hydrogens is 424 g/mol. The number of anilines is 3. The molecule has 0 saturated heterocycles. The van der Waals surface area contributed by atoms with Crippen LogP contribution < -0.4 is 24.8 Å². The minimum Gasteiger partial charge on any atom is -0.497 e. The molecule has 2 N–H and O–H groups in total. The van der Waals surface area contributed by atoms with Crippen LogP contribution in [0.5, 0.6) is 17.2 Å². The number of fused-ring (bicyclic) bond motifs is 1. The summed E-state index contributed by atoms with van der Waals surface area (Å²) in [6, 6.07) is 12.9. The molecule has 1 aliphatic rings. The number of hydrogen-bond acceptors (Lipinski definition) is 9. The summed E-state index contributed by atoms with van der Waals surface area (Å²) in [4.78, 5) is 12.6. The molecule has 3 aromatic rings. The summed E-state index contributed by atoms with van der Waals surface area (Å²) in [7, 11) is 1.63. The molecule has 0 bridgehead atoms. The average molecular weight is 445 g/mol. The van der Waals surface area contributed by atoms with Crippen molar-refractivity contribution >= 4 is 45.5 Å². The Labute approximate surface area is 182 Å². The van der Waals surface area contributed by atoms with Gasteiger partial charge in [-0.2, -0.15) is 0 Å². The number of methoxy groups -OCH3 is 1. The van der Waals surface area contributed by atoms with Crippen molar-refractivity contribution in [3.05, 3.63) is 42.5 Å². The van der Waals surface area contributed by atoms with Gasteiger partial charge in [0.05, 0.1) is 12.4 Å². The van der Waals surface area contributed by atoms with Gasteiger partial charge in [-0.05, 0) is 43.3 Å². The van der Waals surface area contributed by atoms with E-state index >= 15 is 0 Å². The molecule has 0 spiro atoms. The van der Waals surface area contributed by atoms with E-state index in [9.17, 15) is 4.79 Å². The van der Waals surface area contributed by atoms with Crippen molar-refractivity contribution in [3.63, 3.8) is 0 Å². The smallest absolute Gasteiger partial charge is 0.237 e. The van der Waals surface area contributed by atoms with Crippen LogP contribution in [0.1, 0.15) is 6.92 Å². The quantitative estimate of drug-likeness (QED) is 0.524. The predicted octanol–water partition coefficient (Wildman–Crippen LogP) is 4.18. The van der Waals surface area contributed by atoms with E-state index in [0.717, 1.165) is 11.4 Å². The topological polar surface area (TPSA) is 94.6 Å². The molecule has 8 nitrogen and oxygen atoms in total. The maximum Gasteiger partial charge on any atom is 0.237 e. The molecule has 156 valence electrons. The van der Waals surface area contributed by atoms with Crippen LogP contribution in [0.15, 0.2) is 46.8 Å². The summed E-state index contributed by atoms with van der Waals surface area (Å²) in [5, 5.41) is 14.7. The van der Waals surface area contributed by atoms with Crippen LogP contribution in [0.2, 0.25) is 0 Å². The number of thioether (sulfide) groups is 1. The highest BCUT2D eigenvalue weighted by molar-refractivity contribution is 8.02. The molecule has 0 fully saturated rings. The first kappa shape index (κ1) is 20.3. The van der Waals surface area contributed by atoms with Crippen LogP contribution in [-0.2, 0) is 4.79 Å². The molecule has 2 aromatic carbocycles. The molecule has 1 atom stereocenters. The fraction of sp³-hybridized carbons (Fsp3) is 0.250. The summed E-state index contributed by atoms with van der Waals surface area (Å²) >= 11 is 2.74. The Morgan fingerprint density at radius 2 is 1.83 bits per heavy atom. The predicted molar refractivity (Wildman–Crippen MR) is 118 cm³/mol. The summed E-state index contributed by atoms with van der Waals surface area (Å²) in [6.45, 7) is 2.86. The van der Waals surface area contributed by atoms with Crippen molar-refractivity contribution in [2.45, 2.75) is 16.5 Å². The van der Waals surface area contributed by atoms with E-state index in [4.69, 9.17) is 14.2 Å². The summed E-state index contributed by atoms with van der Waals surface area (Å²) in [5.74, 6) is 1.98. The van der Waals surface area contributed by atoms with Crippen molar-refractivity contribution in [1.82, 2.24) is 10.2 Å². The van der Waals surface area contributed by atoms with E-state index in [0.29, 0.717) is 39.9 Å². The van der Waals surface area contributed by atoms with Crippen LogP contribution in [-0.4, -0.2) is 41.7 Å². The zero-order valence-corrected chi connectivity index (χ0v) is 18.0. The molecule has 1 aliphatic heterocycles. The molecule has 30 heavy (non-hydrogen) atoms. The van der Waals surface area contributed by atoms with Gasteiger partial charge in [-0.15, -0.1) is 10.2 Å². The second-order valence-electron chi connectivity index (χ2n) is 6.33. The van der Waals surface area contributed by atoms with Crippen LogP contribution in [0, 0.1) is 0 Å². The molecule has 0 radical (unpaired) electrons. The van der Waals surface area contributed by atoms with Gasteiger partial charge in [-0.3, -0.25) is 4.79 Å². The van der Waals surface area contributed by atoms with Gasteiger partial charge in [-0.1, -0.05) is 23.1 Å². The highest BCUT2D eigenvalue weighted by Crippen LogP contribution is 2.34. The summed E-state index contributed by atoms with van der Waals surface area (Å²) < 4.78 is 16.9. The number of hydrogen-bond donors (Lipinski definition) is 2. The van der Waals surface area contributed by atoms with Crippen molar-refractivity contribution in [1.29, 1.82) is 0 Å². The average Bonchev–Trinajstić information content (AvgIpc) is 3.20. The third-order valence-electron chi connectivity index (χ3n) is 4.20. The van der Waals surface area contributed by atoms with Crippen molar-refractivity contribution in [3.8, 4) is 17.2 Å². The molecule has 1 amide bonds. The van der Waals surface area contributed by atoms with Gasteiger partial charge >= 0.3 is 0 Å². The molecule has 10 heteroatoms. The van der Waals surface area contributed by atoms with Crippen molar-refractivity contribution < 1.29 is 19.0 Å². The van der Waals surface area contributed by atoms with Crippen molar-refractivity contribution in [2.24, 2.45) is 0 Å². The third-order valence-corrected chi connectivity index (χ3v) is 6.23. The maximum absolute atomic E-state index is 12.6. The SMILES string of the molecule is COc1ccc(Nc2nnc(S[C@H](C)C(=O)Nc3ccc4c(c3)OCCO4)s2)cc1. The van der Waals surface area contributed by atoms with Crippen LogP contribution >= 0.6 is 23.1 Å². The van der Waals surface area contributed by atoms with Gasteiger partial charge in [0.2, 0.25) is 11.0 Å². The Morgan fingerprint density at radius 1 is 1.10 bits per heavy atom. The van der Waals surface area contributed by atoms with Crippen LogP contribution in [0.4, 0.5) is 16.5 Å². The molecular formula is C20H20N4O4S2. The van der Waals surface area contributed by atoms with Gasteiger partial charge < -0.3 is 24.8 Å². The number of aromatic nitrogens is 2. The Bertz CT molecular complexity index is 1030. The van der Waals surface area contributed by atoms with Gasteiger partial charge in [0.25, 0.3) is 0 Å². The van der Waals surface area contributed by atoms with Gasteiger partial charge in [0.1, 0.15) is 19.0 Å². The molecule has 4 rings (SSSR count). The summed E-state index contributed by atoms with van der Waals surface area (Å²) in [6.07, 6.45) is 0. The van der Waals surface area contributed by atoms with E-state index < -0.39 is 0 Å². The number of amides is 1. The lowest BCUT2D eigenvalue weighted by molar-refractivity contribution is -0.115. The minimum atomic E-state index is -0.347. The largest absolute Gasteiger partial charge is 0.497 e. The van der Waals surface area contributed by atoms with Crippen LogP contribution in [0.3, 0.4) is 0 Å². The highest BCUT2D eigenvalue weighted by atomic mass is 32.2. The molecule has 0 aliphatic carbocycles. The number of nitrogens with zero attached hydrogens (tertiary/aromatic N) is 2. The second kappa shape index (κ2) is 9.23. The van der Waals surface area contributed by atoms with E-state index in [2.05, 4.69) is 20.8 Å². The Hall–Kier alpha value is -2.98. The fourth-order valence-corrected chi connectivity index (χ4v) is 4.59. The number of carbonyl (C=O) groups is 1. The maximum atomic E-state index is 12.6. The first-order valence-corrected chi connectivity index (χ1v) is 10.9. The fourth-order valence-electron chi connectivity index (χ4n) is 2.68. The zero-order chi connectivity index (χ0) is 20.9. The number of ether oxygens (including phenoxy) is 3. The zero-order valence-electron chi connectivity index (χ0n) is 16.4. The summed E-state index contributed by atoms with van der Waals surface area (Å²) in [5.41, 5.74) is 1.55. The molecule has 2 heterocycles. The number of carbonyl (C=O) groups excluding carboxylic acids is 1. The number of rotatable bonds is 7. The molecule has 0 unspecified atom stereocenters. The first-order chi connectivity index (χ1) is 14.6. The second-order valence-corrected chi connectivity index (χ2v) is 8.90. The lowest BCUT2D eigenvalue weighted by Crippen LogP contribution is -2.22. The Balaban J connectivity index is 1.33. The minimum absolute atomic E-state index is 0.128. The van der Waals surface area contributed by atoms with Crippen molar-refractivity contribution in [2.75, 3.05) is 31.0 Å². The highest BCUT2D eigenvalue weighted by Gasteiger charge is 2.19.